The molecule has 0 aromatic rings. The summed E-state index contributed by atoms with van der Waals surface area (Å²) < 4.78 is 0. The lowest BCUT2D eigenvalue weighted by molar-refractivity contribution is -0.237. The predicted octanol–water partition coefficient (Wildman–Crippen LogP) is 5.18. The third-order valence-corrected chi connectivity index (χ3v) is 13.4. The number of aliphatic hydroxyl groups is 3. The van der Waals surface area contributed by atoms with Crippen LogP contribution in [0.15, 0.2) is 11.6 Å². The van der Waals surface area contributed by atoms with E-state index in [1.807, 2.05) is 6.92 Å². The van der Waals surface area contributed by atoms with Gasteiger partial charge in [0.2, 0.25) is 0 Å². The summed E-state index contributed by atoms with van der Waals surface area (Å²) in [6, 6.07) is 0. The minimum Gasteiger partial charge on any atom is -0.481 e. The summed E-state index contributed by atoms with van der Waals surface area (Å²) in [6.45, 7) is 15.3. The number of carboxylic acid groups (broad SMARTS) is 1. The molecule has 4 saturated carbocycles. The maximum absolute atomic E-state index is 12.8. The molecule has 5 aliphatic rings. The number of rotatable bonds is 1. The zero-order valence-electron chi connectivity index (χ0n) is 22.9. The predicted molar refractivity (Wildman–Crippen MR) is 135 cm³/mol. The molecule has 4 fully saturated rings. The number of fused-ring (bicyclic) bond motifs is 7. The van der Waals surface area contributed by atoms with Gasteiger partial charge in [-0.25, -0.2) is 0 Å². The molecule has 5 rings (SSSR count). The molecule has 0 saturated heterocycles. The van der Waals surface area contributed by atoms with Crippen LogP contribution in [0.3, 0.4) is 0 Å². The highest BCUT2D eigenvalue weighted by Gasteiger charge is 2.71. The van der Waals surface area contributed by atoms with Crippen LogP contribution in [-0.4, -0.2) is 44.2 Å². The first-order valence-corrected chi connectivity index (χ1v) is 14.0. The van der Waals surface area contributed by atoms with Crippen molar-refractivity contribution in [2.45, 2.75) is 118 Å². The Kier molecular flexibility index (Phi) is 5.40. The highest BCUT2D eigenvalue weighted by atomic mass is 16.4. The van der Waals surface area contributed by atoms with Gasteiger partial charge in [-0.15, -0.1) is 0 Å². The van der Waals surface area contributed by atoms with Crippen molar-refractivity contribution in [2.75, 3.05) is 0 Å². The van der Waals surface area contributed by atoms with Crippen LogP contribution in [0.25, 0.3) is 0 Å². The lowest BCUT2D eigenvalue weighted by atomic mass is 9.33. The van der Waals surface area contributed by atoms with Crippen molar-refractivity contribution in [3.05, 3.63) is 11.6 Å². The summed E-state index contributed by atoms with van der Waals surface area (Å²) in [5, 5.41) is 44.3. The Morgan fingerprint density at radius 3 is 2.23 bits per heavy atom. The molecule has 0 heterocycles. The van der Waals surface area contributed by atoms with Crippen molar-refractivity contribution >= 4 is 5.97 Å². The molecule has 0 aromatic carbocycles. The summed E-state index contributed by atoms with van der Waals surface area (Å²) >= 11 is 0. The first-order chi connectivity index (χ1) is 16.0. The van der Waals surface area contributed by atoms with Crippen molar-refractivity contribution in [2.24, 2.45) is 50.7 Å². The van der Waals surface area contributed by atoms with E-state index in [1.54, 1.807) is 0 Å². The SMILES string of the molecule is C[C@@H]1CC[C@]2(C(=O)O)CC[C@]3(C)C(=CCC4[C@@]5(C)C[C@@H](O)[C@@H](O)C(C)(C)C5CC[C@]43C)[C@@H]2[C@]1(C)O. The van der Waals surface area contributed by atoms with Crippen LogP contribution in [0, 0.1) is 50.7 Å². The van der Waals surface area contributed by atoms with Crippen LogP contribution in [0.5, 0.6) is 0 Å². The maximum atomic E-state index is 12.8. The van der Waals surface area contributed by atoms with E-state index in [0.717, 1.165) is 32.1 Å². The van der Waals surface area contributed by atoms with Gasteiger partial charge in [0.05, 0.1) is 23.2 Å². The standard InChI is InChI=1S/C30H48O5/c1-17-10-13-30(24(33)34)15-14-27(5)18(22(30)29(17,7)35)8-9-21-26(4)16-19(31)23(32)25(2,3)20(26)11-12-28(21,27)6/h8,17,19-23,31-32,35H,9-16H2,1-7H3,(H,33,34)/t17-,19-,20?,21?,22-,23-,26+,27-,28-,29-,30+/m1/s1. The average Bonchev–Trinajstić information content (AvgIpc) is 2.75. The number of aliphatic hydroxyl groups excluding tert-OH is 2. The van der Waals surface area contributed by atoms with Crippen LogP contribution in [0.4, 0.5) is 0 Å². The summed E-state index contributed by atoms with van der Waals surface area (Å²) in [5.74, 6) is -0.394. The molecule has 0 aliphatic heterocycles. The van der Waals surface area contributed by atoms with Gasteiger partial charge in [-0.3, -0.25) is 4.79 Å². The van der Waals surface area contributed by atoms with E-state index in [-0.39, 0.29) is 33.5 Å². The third-order valence-electron chi connectivity index (χ3n) is 13.4. The number of hydrogen-bond donors (Lipinski definition) is 4. The van der Waals surface area contributed by atoms with Gasteiger partial charge in [0.25, 0.3) is 0 Å². The Labute approximate surface area is 211 Å². The van der Waals surface area contributed by atoms with E-state index in [0.29, 0.717) is 31.1 Å². The van der Waals surface area contributed by atoms with Crippen LogP contribution < -0.4 is 0 Å². The monoisotopic (exact) mass is 488 g/mol. The van der Waals surface area contributed by atoms with Crippen LogP contribution in [0.1, 0.15) is 99.8 Å². The van der Waals surface area contributed by atoms with Gasteiger partial charge < -0.3 is 20.4 Å². The van der Waals surface area contributed by atoms with Crippen LogP contribution in [0.2, 0.25) is 0 Å². The van der Waals surface area contributed by atoms with Crippen molar-refractivity contribution in [3.8, 4) is 0 Å². The molecule has 2 unspecified atom stereocenters. The fourth-order valence-corrected chi connectivity index (χ4v) is 11.0. The molecule has 0 spiro atoms. The van der Waals surface area contributed by atoms with E-state index < -0.39 is 29.2 Å². The molecule has 0 radical (unpaired) electrons. The van der Waals surface area contributed by atoms with Crippen LogP contribution in [-0.2, 0) is 4.79 Å². The van der Waals surface area contributed by atoms with E-state index in [1.165, 1.54) is 5.57 Å². The van der Waals surface area contributed by atoms with Crippen molar-refractivity contribution in [1.82, 2.24) is 0 Å². The lowest BCUT2D eigenvalue weighted by Gasteiger charge is -2.72. The Hall–Kier alpha value is -0.910. The zero-order chi connectivity index (χ0) is 26.0. The minimum atomic E-state index is -1.05. The molecular weight excluding hydrogens is 440 g/mol. The lowest BCUT2D eigenvalue weighted by Crippen LogP contribution is -2.68. The van der Waals surface area contributed by atoms with Gasteiger partial charge in [0.15, 0.2) is 0 Å². The molecule has 5 aliphatic carbocycles. The summed E-state index contributed by atoms with van der Waals surface area (Å²) in [5.41, 5.74) is -1.46. The summed E-state index contributed by atoms with van der Waals surface area (Å²) in [6.07, 6.45) is 7.21. The summed E-state index contributed by atoms with van der Waals surface area (Å²) in [7, 11) is 0. The van der Waals surface area contributed by atoms with Gasteiger partial charge >= 0.3 is 5.97 Å². The van der Waals surface area contributed by atoms with Crippen LogP contribution >= 0.6 is 0 Å². The molecule has 11 atom stereocenters. The van der Waals surface area contributed by atoms with Crippen molar-refractivity contribution in [3.63, 3.8) is 0 Å². The van der Waals surface area contributed by atoms with Gasteiger partial charge in [0.1, 0.15) is 0 Å². The van der Waals surface area contributed by atoms with E-state index in [9.17, 15) is 25.2 Å². The number of allylic oxidation sites excluding steroid dienone is 1. The second kappa shape index (κ2) is 7.35. The fraction of sp³-hybridized carbons (Fsp3) is 0.900. The highest BCUT2D eigenvalue weighted by Crippen LogP contribution is 2.76. The largest absolute Gasteiger partial charge is 0.481 e. The second-order valence-electron chi connectivity index (χ2n) is 14.9. The zero-order valence-corrected chi connectivity index (χ0v) is 22.9. The molecule has 198 valence electrons. The summed E-state index contributed by atoms with van der Waals surface area (Å²) in [4.78, 5) is 12.8. The molecular formula is C30H48O5. The Morgan fingerprint density at radius 2 is 1.60 bits per heavy atom. The first-order valence-electron chi connectivity index (χ1n) is 14.0. The third kappa shape index (κ3) is 2.90. The number of carbonyl (C=O) groups is 1. The average molecular weight is 489 g/mol. The molecule has 5 nitrogen and oxygen atoms in total. The molecule has 35 heavy (non-hydrogen) atoms. The number of aliphatic carboxylic acids is 1. The topological polar surface area (TPSA) is 98.0 Å². The van der Waals surface area contributed by atoms with Gasteiger partial charge in [0, 0.05) is 5.92 Å². The maximum Gasteiger partial charge on any atom is 0.310 e. The van der Waals surface area contributed by atoms with Crippen molar-refractivity contribution < 1.29 is 25.2 Å². The molecule has 0 bridgehead atoms. The molecule has 0 amide bonds. The Balaban J connectivity index is 1.65. The fourth-order valence-electron chi connectivity index (χ4n) is 11.0. The van der Waals surface area contributed by atoms with Gasteiger partial charge in [-0.05, 0) is 97.7 Å². The van der Waals surface area contributed by atoms with Gasteiger partial charge in [-0.2, -0.15) is 0 Å². The quantitative estimate of drug-likeness (QED) is 0.382. The number of hydrogen-bond acceptors (Lipinski definition) is 4. The first kappa shape index (κ1) is 25.7. The molecule has 4 N–H and O–H groups in total. The Bertz CT molecular complexity index is 952. The minimum absolute atomic E-state index is 0.0535. The Morgan fingerprint density at radius 1 is 0.943 bits per heavy atom. The molecule has 0 aromatic heterocycles. The van der Waals surface area contributed by atoms with E-state index >= 15 is 0 Å². The normalized spacial score (nSPS) is 57.1. The van der Waals surface area contributed by atoms with Crippen molar-refractivity contribution in [1.29, 1.82) is 0 Å². The van der Waals surface area contributed by atoms with Gasteiger partial charge in [-0.1, -0.05) is 53.2 Å². The highest BCUT2D eigenvalue weighted by molar-refractivity contribution is 5.77. The second-order valence-corrected chi connectivity index (χ2v) is 14.9. The number of carboxylic acids is 1. The van der Waals surface area contributed by atoms with E-state index in [2.05, 4.69) is 47.6 Å². The van der Waals surface area contributed by atoms with E-state index in [4.69, 9.17) is 0 Å². The molecule has 5 heteroatoms. The smallest absolute Gasteiger partial charge is 0.310 e.